The van der Waals surface area contributed by atoms with E-state index in [0.717, 1.165) is 11.1 Å². The maximum atomic E-state index is 12.7. The number of hydrogen-bond donors (Lipinski definition) is 1. The smallest absolute Gasteiger partial charge is 0.198 e. The van der Waals surface area contributed by atoms with Gasteiger partial charge in [-0.1, -0.05) is 12.1 Å². The molecule has 122 valence electrons. The van der Waals surface area contributed by atoms with Gasteiger partial charge in [0.2, 0.25) is 0 Å². The van der Waals surface area contributed by atoms with Crippen LogP contribution in [-0.2, 0) is 0 Å². The molecule has 0 aliphatic rings. The Hall–Kier alpha value is -3.61. The van der Waals surface area contributed by atoms with Gasteiger partial charge < -0.3 is 5.11 Å². The van der Waals surface area contributed by atoms with E-state index in [1.165, 1.54) is 18.6 Å². The molecule has 0 saturated carbocycles. The van der Waals surface area contributed by atoms with E-state index in [-0.39, 0.29) is 17.1 Å². The number of pyridine rings is 1. The van der Waals surface area contributed by atoms with E-state index in [0.29, 0.717) is 17.0 Å². The molecule has 4 rings (SSSR count). The Morgan fingerprint density at radius 2 is 2.00 bits per heavy atom. The molecule has 3 aromatic heterocycles. The highest BCUT2D eigenvalue weighted by Gasteiger charge is 2.17. The Labute approximate surface area is 142 Å². The van der Waals surface area contributed by atoms with Crippen molar-refractivity contribution >= 4 is 16.8 Å². The Bertz CT molecular complexity index is 1090. The average molecular weight is 331 g/mol. The molecule has 0 aliphatic carbocycles. The van der Waals surface area contributed by atoms with Crippen molar-refractivity contribution in [1.29, 1.82) is 0 Å². The Morgan fingerprint density at radius 3 is 2.76 bits per heavy atom. The number of aromatic hydroxyl groups is 1. The number of hydrogen-bond acceptors (Lipinski definition) is 6. The monoisotopic (exact) mass is 331 g/mol. The number of para-hydroxylation sites is 1. The van der Waals surface area contributed by atoms with Gasteiger partial charge in [-0.2, -0.15) is 9.78 Å². The molecule has 0 spiro atoms. The number of carbonyl (C=O) groups is 1. The number of benzene rings is 1. The normalized spacial score (nSPS) is 10.9. The average Bonchev–Trinajstić information content (AvgIpc) is 2.98. The summed E-state index contributed by atoms with van der Waals surface area (Å²) in [6, 6.07) is 9.91. The third-order valence-electron chi connectivity index (χ3n) is 3.90. The van der Waals surface area contributed by atoms with E-state index in [9.17, 15) is 9.90 Å². The van der Waals surface area contributed by atoms with Crippen molar-refractivity contribution in [3.8, 4) is 11.6 Å². The molecule has 7 heteroatoms. The number of aromatic nitrogens is 5. The van der Waals surface area contributed by atoms with Crippen LogP contribution in [0.25, 0.3) is 16.9 Å². The second-order valence-electron chi connectivity index (χ2n) is 5.51. The molecule has 0 fully saturated rings. The van der Waals surface area contributed by atoms with Crippen LogP contribution in [0.1, 0.15) is 21.6 Å². The van der Waals surface area contributed by atoms with Gasteiger partial charge in [0, 0.05) is 29.4 Å². The molecule has 0 unspecified atom stereocenters. The van der Waals surface area contributed by atoms with Gasteiger partial charge in [-0.25, -0.2) is 15.0 Å². The number of fused-ring (bicyclic) bond motifs is 1. The summed E-state index contributed by atoms with van der Waals surface area (Å²) in [5, 5.41) is 15.1. The number of phenolic OH excluding ortho intramolecular Hbond substituents is 1. The Kier molecular flexibility index (Phi) is 3.46. The topological polar surface area (TPSA) is 93.8 Å². The third-order valence-corrected chi connectivity index (χ3v) is 3.90. The zero-order valence-electron chi connectivity index (χ0n) is 13.3. The van der Waals surface area contributed by atoms with Crippen molar-refractivity contribution in [2.75, 3.05) is 0 Å². The van der Waals surface area contributed by atoms with Crippen molar-refractivity contribution in [2.24, 2.45) is 0 Å². The molecule has 0 radical (unpaired) electrons. The maximum Gasteiger partial charge on any atom is 0.198 e. The largest absolute Gasteiger partial charge is 0.507 e. The molecule has 1 N–H and O–H groups in total. The zero-order valence-corrected chi connectivity index (χ0v) is 13.3. The predicted molar refractivity (Wildman–Crippen MR) is 90.7 cm³/mol. The summed E-state index contributed by atoms with van der Waals surface area (Å²) in [5.41, 5.74) is 1.96. The van der Waals surface area contributed by atoms with Crippen molar-refractivity contribution in [3.05, 3.63) is 71.9 Å². The van der Waals surface area contributed by atoms with E-state index in [1.54, 1.807) is 41.2 Å². The van der Waals surface area contributed by atoms with Crippen LogP contribution in [-0.4, -0.2) is 35.6 Å². The quantitative estimate of drug-likeness (QED) is 0.580. The van der Waals surface area contributed by atoms with Crippen LogP contribution in [0.3, 0.4) is 0 Å². The van der Waals surface area contributed by atoms with Crippen LogP contribution in [0.15, 0.2) is 55.1 Å². The van der Waals surface area contributed by atoms with Crippen molar-refractivity contribution < 1.29 is 9.90 Å². The minimum atomic E-state index is -0.290. The Morgan fingerprint density at radius 1 is 1.16 bits per heavy atom. The summed E-state index contributed by atoms with van der Waals surface area (Å²) < 4.78 is 1.61. The van der Waals surface area contributed by atoms with E-state index < -0.39 is 0 Å². The van der Waals surface area contributed by atoms with E-state index in [1.807, 2.05) is 6.92 Å². The highest BCUT2D eigenvalue weighted by molar-refractivity contribution is 6.11. The fourth-order valence-electron chi connectivity index (χ4n) is 2.66. The fraction of sp³-hybridized carbons (Fsp3) is 0.0556. The van der Waals surface area contributed by atoms with E-state index in [2.05, 4.69) is 20.1 Å². The van der Waals surface area contributed by atoms with E-state index in [4.69, 9.17) is 0 Å². The third kappa shape index (κ3) is 2.51. The highest BCUT2D eigenvalue weighted by Crippen LogP contribution is 2.24. The van der Waals surface area contributed by atoms with Gasteiger partial charge in [0.15, 0.2) is 17.2 Å². The molecule has 25 heavy (non-hydrogen) atoms. The Balaban J connectivity index is 1.83. The first-order valence-corrected chi connectivity index (χ1v) is 7.59. The van der Waals surface area contributed by atoms with Gasteiger partial charge in [-0.15, -0.1) is 0 Å². The number of aryl methyl sites for hydroxylation is 1. The maximum absolute atomic E-state index is 12.7. The molecule has 3 heterocycles. The minimum Gasteiger partial charge on any atom is -0.507 e. The van der Waals surface area contributed by atoms with Gasteiger partial charge >= 0.3 is 0 Å². The lowest BCUT2D eigenvalue weighted by Gasteiger charge is -2.04. The molecule has 0 atom stereocenters. The molecule has 0 saturated heterocycles. The first kappa shape index (κ1) is 14.9. The molecule has 4 aromatic rings. The lowest BCUT2D eigenvalue weighted by molar-refractivity contribution is 0.103. The zero-order chi connectivity index (χ0) is 17.4. The van der Waals surface area contributed by atoms with Gasteiger partial charge in [0.25, 0.3) is 0 Å². The van der Waals surface area contributed by atoms with Crippen LogP contribution in [0, 0.1) is 6.92 Å². The van der Waals surface area contributed by atoms with Crippen LogP contribution >= 0.6 is 0 Å². The number of nitrogens with zero attached hydrogens (tertiary/aromatic N) is 5. The summed E-state index contributed by atoms with van der Waals surface area (Å²) >= 11 is 0. The summed E-state index contributed by atoms with van der Waals surface area (Å²) in [5.74, 6) is 0.253. The van der Waals surface area contributed by atoms with Gasteiger partial charge in [-0.3, -0.25) is 4.79 Å². The molecule has 0 bridgehead atoms. The molecule has 0 amide bonds. The highest BCUT2D eigenvalue weighted by atomic mass is 16.3. The van der Waals surface area contributed by atoms with Gasteiger partial charge in [0.05, 0.1) is 11.3 Å². The first-order chi connectivity index (χ1) is 12.1. The van der Waals surface area contributed by atoms with Crippen molar-refractivity contribution in [3.63, 3.8) is 0 Å². The van der Waals surface area contributed by atoms with Gasteiger partial charge in [0.1, 0.15) is 12.1 Å². The summed E-state index contributed by atoms with van der Waals surface area (Å²) in [6.45, 7) is 1.84. The van der Waals surface area contributed by atoms with Crippen LogP contribution in [0.5, 0.6) is 5.75 Å². The first-order valence-electron chi connectivity index (χ1n) is 7.59. The van der Waals surface area contributed by atoms with E-state index >= 15 is 0 Å². The second-order valence-corrected chi connectivity index (χ2v) is 5.51. The number of carbonyl (C=O) groups excluding carboxylic acids is 1. The minimum absolute atomic E-state index is 0.0546. The second kappa shape index (κ2) is 5.79. The van der Waals surface area contributed by atoms with Crippen LogP contribution in [0.2, 0.25) is 0 Å². The van der Waals surface area contributed by atoms with Crippen LogP contribution in [0.4, 0.5) is 0 Å². The predicted octanol–water partition coefficient (Wildman–Crippen LogP) is 2.46. The number of ketones is 1. The van der Waals surface area contributed by atoms with Crippen molar-refractivity contribution in [2.45, 2.75) is 6.92 Å². The number of rotatable bonds is 3. The van der Waals surface area contributed by atoms with Crippen LogP contribution < -0.4 is 0 Å². The molecule has 1 aromatic carbocycles. The summed E-state index contributed by atoms with van der Waals surface area (Å²) in [4.78, 5) is 25.1. The summed E-state index contributed by atoms with van der Waals surface area (Å²) in [7, 11) is 0. The number of phenols is 1. The molecular formula is C18H13N5O2. The lowest BCUT2D eigenvalue weighted by atomic mass is 10.0. The van der Waals surface area contributed by atoms with Gasteiger partial charge in [-0.05, 0) is 25.1 Å². The SMILES string of the molecule is Cc1nn(-c2ccncn2)c2ncc(C(=O)c3ccccc3O)cc12. The molecular weight excluding hydrogens is 318 g/mol. The van der Waals surface area contributed by atoms with Crippen molar-refractivity contribution in [1.82, 2.24) is 24.7 Å². The summed E-state index contributed by atoms with van der Waals surface area (Å²) in [6.07, 6.45) is 4.55. The molecule has 0 aliphatic heterocycles. The molecule has 7 nitrogen and oxygen atoms in total. The standard InChI is InChI=1S/C18H13N5O2/c1-11-14-8-12(17(25)13-4-2-3-5-15(13)24)9-20-18(14)23(22-11)16-6-7-19-10-21-16/h2-10,24H,1H3. The lowest BCUT2D eigenvalue weighted by Crippen LogP contribution is -2.04. The fourth-order valence-corrected chi connectivity index (χ4v) is 2.66.